The lowest BCUT2D eigenvalue weighted by Gasteiger charge is -2.23. The van der Waals surface area contributed by atoms with E-state index in [1.165, 1.54) is 11.8 Å². The topological polar surface area (TPSA) is 124 Å². The number of thioether (sulfide) groups is 1. The van der Waals surface area contributed by atoms with Crippen LogP contribution in [0.5, 0.6) is 11.5 Å². The standard InChI is InChI=1S/C23H23N5O5S/c1-32-17-8-6-14(7-9-17)19(29)13-34-23-27-26-20(10-15-11-21(30)25-22(31)24-15)28(23)16-4-3-5-18(12-16)33-2/h3-9,12,15H,10-11,13H2,1-2H3,(H2,24,25,30,31). The number of Topliss-reactive ketones (excluding diaryl/α,β-unsaturated/α-hetero) is 1. The molecule has 0 spiro atoms. The second-order valence-corrected chi connectivity index (χ2v) is 8.45. The molecular weight excluding hydrogens is 458 g/mol. The quantitative estimate of drug-likeness (QED) is 0.353. The van der Waals surface area contributed by atoms with Gasteiger partial charge < -0.3 is 14.8 Å². The summed E-state index contributed by atoms with van der Waals surface area (Å²) in [7, 11) is 3.15. The first kappa shape index (κ1) is 23.3. The normalized spacial score (nSPS) is 15.4. The predicted octanol–water partition coefficient (Wildman–Crippen LogP) is 2.40. The average Bonchev–Trinajstić information content (AvgIpc) is 3.24. The predicted molar refractivity (Wildman–Crippen MR) is 125 cm³/mol. The molecule has 1 unspecified atom stereocenters. The van der Waals surface area contributed by atoms with Gasteiger partial charge in [0.05, 0.1) is 25.7 Å². The number of carbonyl (C=O) groups is 3. The van der Waals surface area contributed by atoms with Gasteiger partial charge in [0.25, 0.3) is 0 Å². The Morgan fingerprint density at radius 1 is 1.09 bits per heavy atom. The maximum Gasteiger partial charge on any atom is 0.321 e. The molecule has 1 saturated heterocycles. The van der Waals surface area contributed by atoms with Gasteiger partial charge in [0, 0.05) is 30.5 Å². The number of carbonyl (C=O) groups excluding carboxylic acids is 3. The summed E-state index contributed by atoms with van der Waals surface area (Å²) in [6.45, 7) is 0. The molecule has 3 aromatic rings. The minimum atomic E-state index is -0.534. The summed E-state index contributed by atoms with van der Waals surface area (Å²) in [6.07, 6.45) is 0.422. The summed E-state index contributed by atoms with van der Waals surface area (Å²) in [5.74, 6) is 1.61. The minimum absolute atomic E-state index is 0.0642. The maximum atomic E-state index is 12.7. The largest absolute Gasteiger partial charge is 0.497 e. The van der Waals surface area contributed by atoms with E-state index in [9.17, 15) is 14.4 Å². The Balaban J connectivity index is 1.59. The molecule has 3 amide bonds. The number of urea groups is 1. The lowest BCUT2D eigenvalue weighted by atomic mass is 10.1. The molecule has 1 fully saturated rings. The van der Waals surface area contributed by atoms with Crippen molar-refractivity contribution in [2.24, 2.45) is 0 Å². The zero-order valence-electron chi connectivity index (χ0n) is 18.6. The molecule has 34 heavy (non-hydrogen) atoms. The van der Waals surface area contributed by atoms with Crippen LogP contribution in [-0.2, 0) is 11.2 Å². The average molecular weight is 482 g/mol. The number of aromatic nitrogens is 3. The van der Waals surface area contributed by atoms with E-state index in [0.29, 0.717) is 28.0 Å². The van der Waals surface area contributed by atoms with Crippen molar-refractivity contribution in [2.45, 2.75) is 24.0 Å². The zero-order chi connectivity index (χ0) is 24.1. The molecule has 4 rings (SSSR count). The van der Waals surface area contributed by atoms with Gasteiger partial charge in [-0.3, -0.25) is 19.5 Å². The molecule has 10 nitrogen and oxygen atoms in total. The van der Waals surface area contributed by atoms with Crippen molar-refractivity contribution in [1.82, 2.24) is 25.4 Å². The number of nitrogens with zero attached hydrogens (tertiary/aromatic N) is 3. The lowest BCUT2D eigenvalue weighted by molar-refractivity contribution is -0.121. The van der Waals surface area contributed by atoms with Crippen molar-refractivity contribution in [3.63, 3.8) is 0 Å². The highest BCUT2D eigenvalue weighted by Gasteiger charge is 2.27. The number of amides is 3. The fourth-order valence-electron chi connectivity index (χ4n) is 3.54. The Hall–Kier alpha value is -3.86. The summed E-state index contributed by atoms with van der Waals surface area (Å²) in [4.78, 5) is 36.2. The third-order valence-electron chi connectivity index (χ3n) is 5.21. The van der Waals surface area contributed by atoms with Crippen LogP contribution in [0.15, 0.2) is 53.7 Å². The number of hydrogen-bond acceptors (Lipinski definition) is 8. The molecule has 2 aromatic carbocycles. The highest BCUT2D eigenvalue weighted by atomic mass is 32.2. The van der Waals surface area contributed by atoms with Gasteiger partial charge in [0.15, 0.2) is 10.9 Å². The summed E-state index contributed by atoms with van der Waals surface area (Å²) < 4.78 is 12.3. The van der Waals surface area contributed by atoms with Crippen LogP contribution in [0.3, 0.4) is 0 Å². The Labute approximate surface area is 200 Å². The fourth-order valence-corrected chi connectivity index (χ4v) is 4.41. The van der Waals surface area contributed by atoms with Crippen LogP contribution in [0, 0.1) is 0 Å². The summed E-state index contributed by atoms with van der Waals surface area (Å²) in [5, 5.41) is 14.1. The summed E-state index contributed by atoms with van der Waals surface area (Å²) in [6, 6.07) is 13.3. The van der Waals surface area contributed by atoms with Crippen LogP contribution >= 0.6 is 11.8 Å². The molecule has 11 heteroatoms. The Morgan fingerprint density at radius 3 is 2.56 bits per heavy atom. The second kappa shape index (κ2) is 10.4. The molecule has 1 aliphatic heterocycles. The number of rotatable bonds is 9. The van der Waals surface area contributed by atoms with Crippen molar-refractivity contribution < 1.29 is 23.9 Å². The number of ketones is 1. The zero-order valence-corrected chi connectivity index (χ0v) is 19.4. The van der Waals surface area contributed by atoms with E-state index in [1.54, 1.807) is 38.5 Å². The smallest absolute Gasteiger partial charge is 0.321 e. The van der Waals surface area contributed by atoms with Crippen LogP contribution in [0.2, 0.25) is 0 Å². The fraction of sp³-hybridized carbons (Fsp3) is 0.261. The van der Waals surface area contributed by atoms with Crippen molar-refractivity contribution in [3.8, 4) is 17.2 Å². The highest BCUT2D eigenvalue weighted by molar-refractivity contribution is 7.99. The minimum Gasteiger partial charge on any atom is -0.497 e. The van der Waals surface area contributed by atoms with Crippen LogP contribution < -0.4 is 20.1 Å². The van der Waals surface area contributed by atoms with Gasteiger partial charge in [-0.15, -0.1) is 10.2 Å². The van der Waals surface area contributed by atoms with Crippen molar-refractivity contribution in [1.29, 1.82) is 0 Å². The van der Waals surface area contributed by atoms with E-state index >= 15 is 0 Å². The van der Waals surface area contributed by atoms with Crippen LogP contribution in [-0.4, -0.2) is 58.5 Å². The van der Waals surface area contributed by atoms with E-state index in [4.69, 9.17) is 9.47 Å². The number of nitrogens with one attached hydrogen (secondary N) is 2. The number of methoxy groups -OCH3 is 2. The number of imide groups is 1. The maximum absolute atomic E-state index is 12.7. The van der Waals surface area contributed by atoms with Gasteiger partial charge >= 0.3 is 6.03 Å². The molecule has 0 bridgehead atoms. The van der Waals surface area contributed by atoms with Gasteiger partial charge in [0.1, 0.15) is 17.3 Å². The molecule has 2 N–H and O–H groups in total. The third-order valence-corrected chi connectivity index (χ3v) is 6.13. The first-order valence-corrected chi connectivity index (χ1v) is 11.4. The molecule has 0 aliphatic carbocycles. The Morgan fingerprint density at radius 2 is 1.85 bits per heavy atom. The molecule has 0 radical (unpaired) electrons. The Kier molecular flexibility index (Phi) is 7.12. The Bertz CT molecular complexity index is 1190. The summed E-state index contributed by atoms with van der Waals surface area (Å²) >= 11 is 1.25. The number of hydrogen-bond donors (Lipinski definition) is 2. The molecule has 176 valence electrons. The van der Waals surface area contributed by atoms with Crippen molar-refractivity contribution in [2.75, 3.05) is 20.0 Å². The van der Waals surface area contributed by atoms with Crippen molar-refractivity contribution in [3.05, 3.63) is 59.9 Å². The van der Waals surface area contributed by atoms with Gasteiger partial charge in [-0.2, -0.15) is 0 Å². The SMILES string of the molecule is COc1ccc(C(=O)CSc2nnc(CC3CC(=O)NC(=O)N3)n2-c2cccc(OC)c2)cc1. The van der Waals surface area contributed by atoms with Gasteiger partial charge in [-0.25, -0.2) is 4.79 Å². The van der Waals surface area contributed by atoms with E-state index in [1.807, 2.05) is 28.8 Å². The van der Waals surface area contributed by atoms with Crippen molar-refractivity contribution >= 4 is 29.5 Å². The van der Waals surface area contributed by atoms with Gasteiger partial charge in [-0.05, 0) is 36.4 Å². The lowest BCUT2D eigenvalue weighted by Crippen LogP contribution is -2.53. The first-order valence-electron chi connectivity index (χ1n) is 10.5. The number of benzene rings is 2. The van der Waals surface area contributed by atoms with E-state index in [-0.39, 0.29) is 30.3 Å². The molecule has 1 aliphatic rings. The summed E-state index contributed by atoms with van der Waals surface area (Å²) in [5.41, 5.74) is 1.31. The molecular formula is C23H23N5O5S. The molecule has 2 heterocycles. The van der Waals surface area contributed by atoms with Crippen LogP contribution in [0.4, 0.5) is 4.79 Å². The third kappa shape index (κ3) is 5.37. The molecule has 1 atom stereocenters. The molecule has 0 saturated carbocycles. The van der Waals surface area contributed by atoms with Crippen LogP contribution in [0.1, 0.15) is 22.6 Å². The van der Waals surface area contributed by atoms with E-state index in [0.717, 1.165) is 5.69 Å². The van der Waals surface area contributed by atoms with Gasteiger partial charge in [-0.1, -0.05) is 17.8 Å². The van der Waals surface area contributed by atoms with Crippen LogP contribution in [0.25, 0.3) is 5.69 Å². The van der Waals surface area contributed by atoms with Gasteiger partial charge in [0.2, 0.25) is 5.91 Å². The monoisotopic (exact) mass is 481 g/mol. The number of ether oxygens (including phenoxy) is 2. The molecule has 1 aromatic heterocycles. The van der Waals surface area contributed by atoms with E-state index in [2.05, 4.69) is 20.8 Å². The second-order valence-electron chi connectivity index (χ2n) is 7.50. The van der Waals surface area contributed by atoms with E-state index < -0.39 is 12.1 Å². The highest BCUT2D eigenvalue weighted by Crippen LogP contribution is 2.26. The first-order chi connectivity index (χ1) is 16.5.